The van der Waals surface area contributed by atoms with Crippen molar-refractivity contribution in [3.05, 3.63) is 28.3 Å². The lowest BCUT2D eigenvalue weighted by Gasteiger charge is -2.24. The molecule has 0 spiro atoms. The first-order valence-electron chi connectivity index (χ1n) is 7.46. The number of ether oxygens (including phenoxy) is 1. The molecule has 1 fully saturated rings. The SMILES string of the molecule is NC(c1cc(Cl)cc2c1OCC2)C1CCCCCC1. The van der Waals surface area contributed by atoms with E-state index in [1.807, 2.05) is 12.1 Å². The van der Waals surface area contributed by atoms with E-state index in [-0.39, 0.29) is 6.04 Å². The molecule has 1 unspecified atom stereocenters. The van der Waals surface area contributed by atoms with Crippen molar-refractivity contribution >= 4 is 11.6 Å². The smallest absolute Gasteiger partial charge is 0.127 e. The summed E-state index contributed by atoms with van der Waals surface area (Å²) >= 11 is 6.23. The normalized spacial score (nSPS) is 21.6. The molecule has 2 aliphatic rings. The Morgan fingerprint density at radius 2 is 1.89 bits per heavy atom. The van der Waals surface area contributed by atoms with E-state index in [0.29, 0.717) is 5.92 Å². The second-order valence-electron chi connectivity index (χ2n) is 5.86. The Bertz CT molecular complexity index is 452. The molecule has 2 nitrogen and oxygen atoms in total. The van der Waals surface area contributed by atoms with Gasteiger partial charge in [0.1, 0.15) is 5.75 Å². The monoisotopic (exact) mass is 279 g/mol. The average molecular weight is 280 g/mol. The van der Waals surface area contributed by atoms with E-state index in [9.17, 15) is 0 Å². The van der Waals surface area contributed by atoms with Crippen LogP contribution >= 0.6 is 11.6 Å². The number of benzene rings is 1. The maximum Gasteiger partial charge on any atom is 0.127 e. The Morgan fingerprint density at radius 3 is 2.63 bits per heavy atom. The van der Waals surface area contributed by atoms with E-state index < -0.39 is 0 Å². The molecule has 1 aliphatic carbocycles. The van der Waals surface area contributed by atoms with Gasteiger partial charge in [0.25, 0.3) is 0 Å². The molecule has 1 saturated carbocycles. The molecule has 3 heteroatoms. The second kappa shape index (κ2) is 5.72. The molecule has 1 aliphatic heterocycles. The third kappa shape index (κ3) is 2.75. The van der Waals surface area contributed by atoms with Gasteiger partial charge in [-0.15, -0.1) is 0 Å². The summed E-state index contributed by atoms with van der Waals surface area (Å²) in [6, 6.07) is 4.11. The molecule has 0 aromatic heterocycles. The third-order valence-electron chi connectivity index (χ3n) is 4.54. The minimum atomic E-state index is 0.0728. The molecule has 3 rings (SSSR count). The van der Waals surface area contributed by atoms with Gasteiger partial charge in [0, 0.05) is 23.0 Å². The van der Waals surface area contributed by atoms with Crippen molar-refractivity contribution < 1.29 is 4.74 Å². The van der Waals surface area contributed by atoms with E-state index >= 15 is 0 Å². The highest BCUT2D eigenvalue weighted by atomic mass is 35.5. The highest BCUT2D eigenvalue weighted by Gasteiger charge is 2.27. The van der Waals surface area contributed by atoms with Gasteiger partial charge in [0.05, 0.1) is 6.61 Å². The number of hydrogen-bond acceptors (Lipinski definition) is 2. The zero-order chi connectivity index (χ0) is 13.2. The molecular weight excluding hydrogens is 258 g/mol. The predicted molar refractivity (Wildman–Crippen MR) is 78.8 cm³/mol. The van der Waals surface area contributed by atoms with Gasteiger partial charge in [0.2, 0.25) is 0 Å². The molecule has 0 saturated heterocycles. The minimum absolute atomic E-state index is 0.0728. The van der Waals surface area contributed by atoms with Crippen molar-refractivity contribution in [2.75, 3.05) is 6.61 Å². The molecule has 1 aromatic rings. The highest BCUT2D eigenvalue weighted by molar-refractivity contribution is 6.30. The van der Waals surface area contributed by atoms with Crippen LogP contribution in [0, 0.1) is 5.92 Å². The summed E-state index contributed by atoms with van der Waals surface area (Å²) in [5.41, 5.74) is 8.90. The molecule has 0 amide bonds. The summed E-state index contributed by atoms with van der Waals surface area (Å²) in [6.07, 6.45) is 8.76. The number of rotatable bonds is 2. The number of fused-ring (bicyclic) bond motifs is 1. The van der Waals surface area contributed by atoms with Crippen LogP contribution < -0.4 is 10.5 Å². The largest absolute Gasteiger partial charge is 0.493 e. The fourth-order valence-corrected chi connectivity index (χ4v) is 3.72. The molecule has 1 atom stereocenters. The van der Waals surface area contributed by atoms with Crippen LogP contribution in [0.2, 0.25) is 5.02 Å². The summed E-state index contributed by atoms with van der Waals surface area (Å²) in [6.45, 7) is 0.764. The van der Waals surface area contributed by atoms with Gasteiger partial charge in [-0.1, -0.05) is 37.3 Å². The summed E-state index contributed by atoms with van der Waals surface area (Å²) in [5.74, 6) is 1.59. The lowest BCUT2D eigenvalue weighted by molar-refractivity contribution is 0.334. The Labute approximate surface area is 120 Å². The van der Waals surface area contributed by atoms with Crippen LogP contribution in [0.1, 0.15) is 55.7 Å². The highest BCUT2D eigenvalue weighted by Crippen LogP contribution is 2.40. The summed E-state index contributed by atoms with van der Waals surface area (Å²) in [7, 11) is 0. The average Bonchev–Trinajstić information content (AvgIpc) is 2.70. The zero-order valence-corrected chi connectivity index (χ0v) is 12.1. The first kappa shape index (κ1) is 13.3. The van der Waals surface area contributed by atoms with Crippen LogP contribution in [0.5, 0.6) is 5.75 Å². The van der Waals surface area contributed by atoms with Crippen LogP contribution in [0.25, 0.3) is 0 Å². The Kier molecular flexibility index (Phi) is 3.99. The molecular formula is C16H22ClNO. The molecule has 0 bridgehead atoms. The standard InChI is InChI=1S/C16H22ClNO/c17-13-9-12-7-8-19-16(12)14(10-13)15(18)11-5-3-1-2-4-6-11/h9-11,15H,1-8,18H2. The molecule has 1 aromatic carbocycles. The van der Waals surface area contributed by atoms with E-state index in [0.717, 1.165) is 29.4 Å². The van der Waals surface area contributed by atoms with E-state index in [2.05, 4.69) is 0 Å². The van der Waals surface area contributed by atoms with Crippen molar-refractivity contribution in [3.8, 4) is 5.75 Å². The maximum atomic E-state index is 6.54. The number of hydrogen-bond donors (Lipinski definition) is 1. The van der Waals surface area contributed by atoms with Crippen molar-refractivity contribution in [2.45, 2.75) is 51.0 Å². The maximum absolute atomic E-state index is 6.54. The summed E-state index contributed by atoms with van der Waals surface area (Å²) in [4.78, 5) is 0. The lowest BCUT2D eigenvalue weighted by atomic mass is 9.87. The predicted octanol–water partition coefficient (Wildman–Crippen LogP) is 4.25. The van der Waals surface area contributed by atoms with Gasteiger partial charge in [0.15, 0.2) is 0 Å². The molecule has 104 valence electrons. The second-order valence-corrected chi connectivity index (χ2v) is 6.30. The van der Waals surface area contributed by atoms with Crippen molar-refractivity contribution in [1.29, 1.82) is 0 Å². The topological polar surface area (TPSA) is 35.2 Å². The van der Waals surface area contributed by atoms with E-state index in [4.69, 9.17) is 22.1 Å². The summed E-state index contributed by atoms with van der Waals surface area (Å²) in [5, 5.41) is 0.795. The van der Waals surface area contributed by atoms with E-state index in [1.165, 1.54) is 44.1 Å². The number of halogens is 1. The number of nitrogens with two attached hydrogens (primary N) is 1. The van der Waals surface area contributed by atoms with Crippen LogP contribution in [-0.4, -0.2) is 6.61 Å². The Balaban J connectivity index is 1.88. The van der Waals surface area contributed by atoms with Crippen LogP contribution in [0.3, 0.4) is 0 Å². The zero-order valence-electron chi connectivity index (χ0n) is 11.3. The third-order valence-corrected chi connectivity index (χ3v) is 4.76. The molecule has 1 heterocycles. The van der Waals surface area contributed by atoms with Gasteiger partial charge in [-0.3, -0.25) is 0 Å². The van der Waals surface area contributed by atoms with Gasteiger partial charge in [-0.25, -0.2) is 0 Å². The van der Waals surface area contributed by atoms with Crippen LogP contribution in [0.15, 0.2) is 12.1 Å². The molecule has 0 radical (unpaired) electrons. The Morgan fingerprint density at radius 1 is 1.16 bits per heavy atom. The van der Waals surface area contributed by atoms with Crippen molar-refractivity contribution in [2.24, 2.45) is 11.7 Å². The van der Waals surface area contributed by atoms with Gasteiger partial charge < -0.3 is 10.5 Å². The van der Waals surface area contributed by atoms with Gasteiger partial charge in [-0.2, -0.15) is 0 Å². The van der Waals surface area contributed by atoms with Gasteiger partial charge >= 0.3 is 0 Å². The summed E-state index contributed by atoms with van der Waals surface area (Å²) < 4.78 is 5.79. The van der Waals surface area contributed by atoms with E-state index in [1.54, 1.807) is 0 Å². The first-order valence-corrected chi connectivity index (χ1v) is 7.84. The fraction of sp³-hybridized carbons (Fsp3) is 0.625. The first-order chi connectivity index (χ1) is 9.25. The van der Waals surface area contributed by atoms with Gasteiger partial charge in [-0.05, 0) is 36.5 Å². The lowest BCUT2D eigenvalue weighted by Crippen LogP contribution is -2.21. The molecule has 19 heavy (non-hydrogen) atoms. The van der Waals surface area contributed by atoms with Crippen molar-refractivity contribution in [1.82, 2.24) is 0 Å². The quantitative estimate of drug-likeness (QED) is 0.822. The molecule has 2 N–H and O–H groups in total. The van der Waals surface area contributed by atoms with Crippen LogP contribution in [-0.2, 0) is 6.42 Å². The van der Waals surface area contributed by atoms with Crippen molar-refractivity contribution in [3.63, 3.8) is 0 Å². The minimum Gasteiger partial charge on any atom is -0.493 e. The Hall–Kier alpha value is -0.730. The fourth-order valence-electron chi connectivity index (χ4n) is 3.47. The van der Waals surface area contributed by atoms with Crippen LogP contribution in [0.4, 0.5) is 0 Å².